The highest BCUT2D eigenvalue weighted by Gasteiger charge is 2.13. The van der Waals surface area contributed by atoms with E-state index in [-0.39, 0.29) is 5.78 Å². The highest BCUT2D eigenvalue weighted by molar-refractivity contribution is 5.80. The monoisotopic (exact) mass is 172 g/mol. The Balaban J connectivity index is 3.53. The molecule has 0 spiro atoms. The van der Waals surface area contributed by atoms with Gasteiger partial charge in [-0.15, -0.1) is 0 Å². The molecule has 0 fully saturated rings. The van der Waals surface area contributed by atoms with E-state index in [2.05, 4.69) is 13.8 Å². The lowest BCUT2D eigenvalue weighted by atomic mass is 9.96. The molecule has 0 rings (SSSR count). The number of hydrogen-bond donors (Lipinski definition) is 1. The molecule has 2 unspecified atom stereocenters. The van der Waals surface area contributed by atoms with Gasteiger partial charge < -0.3 is 5.11 Å². The lowest BCUT2D eigenvalue weighted by Crippen LogP contribution is -2.19. The van der Waals surface area contributed by atoms with E-state index in [4.69, 9.17) is 0 Å². The smallest absolute Gasteiger partial charge is 0.158 e. The van der Waals surface area contributed by atoms with Crippen LogP contribution in [0.4, 0.5) is 0 Å². The number of hydrogen-bond acceptors (Lipinski definition) is 2. The lowest BCUT2D eigenvalue weighted by molar-refractivity contribution is -0.125. The maximum Gasteiger partial charge on any atom is 0.158 e. The molecule has 0 aliphatic carbocycles. The molecule has 0 amide bonds. The van der Waals surface area contributed by atoms with Crippen molar-refractivity contribution < 1.29 is 9.90 Å². The molecule has 2 nitrogen and oxygen atoms in total. The molecule has 0 aliphatic rings. The molecule has 0 saturated heterocycles. The second-order valence-corrected chi connectivity index (χ2v) is 3.61. The van der Waals surface area contributed by atoms with E-state index in [0.29, 0.717) is 12.3 Å². The van der Waals surface area contributed by atoms with Gasteiger partial charge in [0.1, 0.15) is 6.10 Å². The largest absolute Gasteiger partial charge is 0.385 e. The Morgan fingerprint density at radius 3 is 2.50 bits per heavy atom. The van der Waals surface area contributed by atoms with E-state index < -0.39 is 6.10 Å². The number of aliphatic hydroxyl groups is 1. The predicted octanol–water partition coefficient (Wildman–Crippen LogP) is 2.15. The van der Waals surface area contributed by atoms with E-state index in [1.807, 2.05) is 0 Å². The summed E-state index contributed by atoms with van der Waals surface area (Å²) >= 11 is 0. The first-order valence-corrected chi connectivity index (χ1v) is 4.76. The summed E-state index contributed by atoms with van der Waals surface area (Å²) in [5.41, 5.74) is 0. The van der Waals surface area contributed by atoms with Crippen molar-refractivity contribution in [3.05, 3.63) is 0 Å². The summed E-state index contributed by atoms with van der Waals surface area (Å²) in [6.45, 7) is 5.67. The van der Waals surface area contributed by atoms with Gasteiger partial charge in [-0.3, -0.25) is 4.79 Å². The van der Waals surface area contributed by atoms with Crippen LogP contribution in [0.1, 0.15) is 46.5 Å². The number of unbranched alkanes of at least 4 members (excludes halogenated alkanes) is 1. The van der Waals surface area contributed by atoms with E-state index >= 15 is 0 Å². The lowest BCUT2D eigenvalue weighted by Gasteiger charge is -2.13. The van der Waals surface area contributed by atoms with Crippen LogP contribution in [0, 0.1) is 5.92 Å². The maximum atomic E-state index is 10.7. The summed E-state index contributed by atoms with van der Waals surface area (Å²) < 4.78 is 0. The first-order valence-electron chi connectivity index (χ1n) is 4.76. The van der Waals surface area contributed by atoms with Crippen LogP contribution in [0.2, 0.25) is 0 Å². The first-order chi connectivity index (χ1) is 5.57. The van der Waals surface area contributed by atoms with Gasteiger partial charge in [-0.05, 0) is 19.3 Å². The zero-order valence-electron chi connectivity index (χ0n) is 8.34. The molecule has 0 aromatic rings. The highest BCUT2D eigenvalue weighted by atomic mass is 16.3. The Hall–Kier alpha value is -0.370. The van der Waals surface area contributed by atoms with E-state index in [9.17, 15) is 9.90 Å². The summed E-state index contributed by atoms with van der Waals surface area (Å²) in [6, 6.07) is 0. The molecule has 0 aromatic heterocycles. The topological polar surface area (TPSA) is 37.3 Å². The Morgan fingerprint density at radius 2 is 2.08 bits per heavy atom. The van der Waals surface area contributed by atoms with Gasteiger partial charge in [0.15, 0.2) is 5.78 Å². The normalized spacial score (nSPS) is 15.7. The molecule has 0 bridgehead atoms. The van der Waals surface area contributed by atoms with Crippen LogP contribution in [0.5, 0.6) is 0 Å². The van der Waals surface area contributed by atoms with Crippen molar-refractivity contribution in [3.8, 4) is 0 Å². The maximum absolute atomic E-state index is 10.7. The van der Waals surface area contributed by atoms with E-state index in [1.54, 1.807) is 0 Å². The van der Waals surface area contributed by atoms with Crippen LogP contribution in [-0.2, 0) is 4.79 Å². The Morgan fingerprint density at radius 1 is 1.50 bits per heavy atom. The third-order valence-corrected chi connectivity index (χ3v) is 2.15. The zero-order valence-corrected chi connectivity index (χ0v) is 8.34. The molecule has 72 valence electrons. The fraction of sp³-hybridized carbons (Fsp3) is 0.900. The van der Waals surface area contributed by atoms with Crippen LogP contribution >= 0.6 is 0 Å². The average Bonchev–Trinajstić information content (AvgIpc) is 2.00. The molecule has 1 N–H and O–H groups in total. The van der Waals surface area contributed by atoms with Crippen LogP contribution in [0.15, 0.2) is 0 Å². The molecule has 2 atom stereocenters. The van der Waals surface area contributed by atoms with E-state index in [1.165, 1.54) is 19.8 Å². The minimum Gasteiger partial charge on any atom is -0.385 e. The fourth-order valence-corrected chi connectivity index (χ4v) is 1.22. The van der Waals surface area contributed by atoms with Crippen LogP contribution in [0.25, 0.3) is 0 Å². The molecule has 0 saturated carbocycles. The first kappa shape index (κ1) is 11.6. The van der Waals surface area contributed by atoms with Gasteiger partial charge in [-0.25, -0.2) is 0 Å². The summed E-state index contributed by atoms with van der Waals surface area (Å²) in [5.74, 6) is 0.349. The second-order valence-electron chi connectivity index (χ2n) is 3.61. The van der Waals surface area contributed by atoms with Gasteiger partial charge >= 0.3 is 0 Å². The van der Waals surface area contributed by atoms with Gasteiger partial charge in [0.25, 0.3) is 0 Å². The number of carbonyl (C=O) groups is 1. The predicted molar refractivity (Wildman–Crippen MR) is 50.0 cm³/mol. The highest BCUT2D eigenvalue weighted by Crippen LogP contribution is 2.14. The number of Topliss-reactive ketones (excluding diaryl/α,β-unsaturated/α-hetero) is 1. The molecule has 2 heteroatoms. The third kappa shape index (κ3) is 5.30. The van der Waals surface area contributed by atoms with Crippen LogP contribution in [0.3, 0.4) is 0 Å². The third-order valence-electron chi connectivity index (χ3n) is 2.15. The van der Waals surface area contributed by atoms with Crippen molar-refractivity contribution in [2.75, 3.05) is 0 Å². The second kappa shape index (κ2) is 6.18. The molecular weight excluding hydrogens is 152 g/mol. The SMILES string of the molecule is CCCCC(C)CC(O)C(C)=O. The van der Waals surface area contributed by atoms with Crippen molar-refractivity contribution in [1.29, 1.82) is 0 Å². The van der Waals surface area contributed by atoms with Crippen molar-refractivity contribution in [2.24, 2.45) is 5.92 Å². The quantitative estimate of drug-likeness (QED) is 0.666. The van der Waals surface area contributed by atoms with Crippen LogP contribution < -0.4 is 0 Å². The Labute approximate surface area is 75.0 Å². The van der Waals surface area contributed by atoms with Gasteiger partial charge in [-0.2, -0.15) is 0 Å². The summed E-state index contributed by atoms with van der Waals surface area (Å²) in [6.07, 6.45) is 3.36. The minimum absolute atomic E-state index is 0.113. The van der Waals surface area contributed by atoms with Gasteiger partial charge in [0.05, 0.1) is 0 Å². The van der Waals surface area contributed by atoms with Crippen molar-refractivity contribution in [2.45, 2.75) is 52.6 Å². The number of rotatable bonds is 6. The van der Waals surface area contributed by atoms with Gasteiger partial charge in [-0.1, -0.05) is 33.1 Å². The molecular formula is C10H20O2. The minimum atomic E-state index is -0.739. The van der Waals surface area contributed by atoms with Gasteiger partial charge in [0.2, 0.25) is 0 Å². The molecule has 0 aliphatic heterocycles. The molecule has 0 heterocycles. The molecule has 0 aromatic carbocycles. The zero-order chi connectivity index (χ0) is 9.56. The fourth-order valence-electron chi connectivity index (χ4n) is 1.22. The Bertz CT molecular complexity index is 132. The standard InChI is InChI=1S/C10H20O2/c1-4-5-6-8(2)7-10(12)9(3)11/h8,10,12H,4-7H2,1-3H3. The summed E-state index contributed by atoms with van der Waals surface area (Å²) in [4.78, 5) is 10.7. The Kier molecular flexibility index (Phi) is 5.99. The molecule has 0 radical (unpaired) electrons. The number of aliphatic hydroxyl groups excluding tert-OH is 1. The van der Waals surface area contributed by atoms with Crippen molar-refractivity contribution in [3.63, 3.8) is 0 Å². The average molecular weight is 172 g/mol. The number of carbonyl (C=O) groups excluding carboxylic acids is 1. The summed E-state index contributed by atoms with van der Waals surface area (Å²) in [5, 5.41) is 9.25. The van der Waals surface area contributed by atoms with Crippen molar-refractivity contribution >= 4 is 5.78 Å². The number of ketones is 1. The van der Waals surface area contributed by atoms with E-state index in [0.717, 1.165) is 6.42 Å². The van der Waals surface area contributed by atoms with Crippen LogP contribution in [-0.4, -0.2) is 17.0 Å². The molecule has 12 heavy (non-hydrogen) atoms. The van der Waals surface area contributed by atoms with Gasteiger partial charge in [0, 0.05) is 0 Å². The van der Waals surface area contributed by atoms with Crippen molar-refractivity contribution in [1.82, 2.24) is 0 Å². The summed E-state index contributed by atoms with van der Waals surface area (Å²) in [7, 11) is 0.